The molecule has 5 nitrogen and oxygen atoms in total. The number of nitrogens with one attached hydrogen (secondary N) is 2. The molecule has 17 heavy (non-hydrogen) atoms. The van der Waals surface area contributed by atoms with E-state index in [1.54, 1.807) is 4.68 Å². The molecule has 0 atom stereocenters. The van der Waals surface area contributed by atoms with E-state index in [2.05, 4.69) is 27.6 Å². The van der Waals surface area contributed by atoms with Crippen molar-refractivity contribution >= 4 is 11.4 Å². The zero-order chi connectivity index (χ0) is 12.1. The molecule has 2 rings (SSSR count). The summed E-state index contributed by atoms with van der Waals surface area (Å²) < 4.78 is 1.80. The molecule has 2 N–H and O–H groups in total. The average molecular weight is 231 g/mol. The molecule has 0 bridgehead atoms. The van der Waals surface area contributed by atoms with E-state index >= 15 is 0 Å². The summed E-state index contributed by atoms with van der Waals surface area (Å²) in [6.45, 7) is 3.66. The predicted octanol–water partition coefficient (Wildman–Crippen LogP) is 1.86. The van der Waals surface area contributed by atoms with E-state index in [0.717, 1.165) is 23.6 Å². The zero-order valence-electron chi connectivity index (χ0n) is 10.1. The van der Waals surface area contributed by atoms with Gasteiger partial charge in [0.1, 0.15) is 0 Å². The van der Waals surface area contributed by atoms with Gasteiger partial charge in [-0.15, -0.1) is 0 Å². The molecule has 2 aromatic heterocycles. The smallest absolute Gasteiger partial charge is 0.0815 e. The highest BCUT2D eigenvalue weighted by molar-refractivity contribution is 5.53. The molecule has 2 aromatic rings. The highest BCUT2D eigenvalue weighted by Gasteiger charge is 1.98. The SMILES string of the molecule is CCNc1cncc(NCc2ccn(C)n2)c1. The van der Waals surface area contributed by atoms with Crippen molar-refractivity contribution in [3.63, 3.8) is 0 Å². The Morgan fingerprint density at radius 1 is 1.24 bits per heavy atom. The Morgan fingerprint density at radius 3 is 2.65 bits per heavy atom. The summed E-state index contributed by atoms with van der Waals surface area (Å²) in [6.07, 6.45) is 5.56. The summed E-state index contributed by atoms with van der Waals surface area (Å²) in [7, 11) is 1.91. The Balaban J connectivity index is 1.96. The first kappa shape index (κ1) is 11.4. The quantitative estimate of drug-likeness (QED) is 0.824. The summed E-state index contributed by atoms with van der Waals surface area (Å²) in [5, 5.41) is 10.8. The maximum absolute atomic E-state index is 4.30. The molecule has 0 aliphatic rings. The first-order chi connectivity index (χ1) is 8.28. The minimum atomic E-state index is 0.706. The zero-order valence-corrected chi connectivity index (χ0v) is 10.1. The van der Waals surface area contributed by atoms with Crippen LogP contribution >= 0.6 is 0 Å². The van der Waals surface area contributed by atoms with Gasteiger partial charge in [0.2, 0.25) is 0 Å². The van der Waals surface area contributed by atoms with Gasteiger partial charge in [-0.05, 0) is 19.1 Å². The van der Waals surface area contributed by atoms with Crippen molar-refractivity contribution in [1.29, 1.82) is 0 Å². The van der Waals surface area contributed by atoms with Gasteiger partial charge in [-0.1, -0.05) is 0 Å². The number of rotatable bonds is 5. The van der Waals surface area contributed by atoms with Crippen molar-refractivity contribution in [3.05, 3.63) is 36.4 Å². The normalized spacial score (nSPS) is 10.2. The third-order valence-electron chi connectivity index (χ3n) is 2.36. The van der Waals surface area contributed by atoms with Gasteiger partial charge in [-0.2, -0.15) is 5.10 Å². The number of aryl methyl sites for hydroxylation is 1. The van der Waals surface area contributed by atoms with Gasteiger partial charge in [-0.25, -0.2) is 0 Å². The molecule has 0 amide bonds. The van der Waals surface area contributed by atoms with Gasteiger partial charge in [0.05, 0.1) is 36.0 Å². The van der Waals surface area contributed by atoms with Gasteiger partial charge in [0.25, 0.3) is 0 Å². The Bertz CT molecular complexity index is 477. The van der Waals surface area contributed by atoms with Gasteiger partial charge < -0.3 is 10.6 Å². The third-order valence-corrected chi connectivity index (χ3v) is 2.36. The molecule has 0 saturated carbocycles. The Morgan fingerprint density at radius 2 is 2.00 bits per heavy atom. The summed E-state index contributed by atoms with van der Waals surface area (Å²) in [4.78, 5) is 4.17. The van der Waals surface area contributed by atoms with E-state index in [-0.39, 0.29) is 0 Å². The van der Waals surface area contributed by atoms with E-state index in [1.165, 1.54) is 0 Å². The highest BCUT2D eigenvalue weighted by Crippen LogP contribution is 2.13. The minimum absolute atomic E-state index is 0.706. The molecule has 0 aliphatic carbocycles. The second-order valence-corrected chi connectivity index (χ2v) is 3.83. The lowest BCUT2D eigenvalue weighted by Gasteiger charge is -2.07. The van der Waals surface area contributed by atoms with Gasteiger partial charge in [0.15, 0.2) is 0 Å². The van der Waals surface area contributed by atoms with Crippen LogP contribution < -0.4 is 10.6 Å². The topological polar surface area (TPSA) is 54.8 Å². The number of aromatic nitrogens is 3. The van der Waals surface area contributed by atoms with Crippen LogP contribution in [-0.4, -0.2) is 21.3 Å². The molecule has 90 valence electrons. The van der Waals surface area contributed by atoms with E-state index in [1.807, 2.05) is 37.8 Å². The van der Waals surface area contributed by atoms with Crippen LogP contribution in [0, 0.1) is 0 Å². The van der Waals surface area contributed by atoms with Crippen LogP contribution in [0.5, 0.6) is 0 Å². The average Bonchev–Trinajstić information content (AvgIpc) is 2.74. The Hall–Kier alpha value is -2.04. The standard InChI is InChI=1S/C12H17N5/c1-3-14-11-6-12(8-13-7-11)15-9-10-4-5-17(2)16-10/h4-8,14-15H,3,9H2,1-2H3. The van der Waals surface area contributed by atoms with Crippen LogP contribution in [0.1, 0.15) is 12.6 Å². The van der Waals surface area contributed by atoms with Crippen LogP contribution in [0.15, 0.2) is 30.7 Å². The van der Waals surface area contributed by atoms with Crippen molar-refractivity contribution in [2.24, 2.45) is 7.05 Å². The summed E-state index contributed by atoms with van der Waals surface area (Å²) >= 11 is 0. The number of hydrogen-bond donors (Lipinski definition) is 2. The van der Waals surface area contributed by atoms with Crippen LogP contribution in [0.3, 0.4) is 0 Å². The molecule has 0 aromatic carbocycles. The molecule has 0 fully saturated rings. The van der Waals surface area contributed by atoms with Crippen molar-refractivity contribution in [2.75, 3.05) is 17.2 Å². The second kappa shape index (κ2) is 5.34. The summed E-state index contributed by atoms with van der Waals surface area (Å²) in [5.74, 6) is 0. The Kier molecular flexibility index (Phi) is 3.59. The monoisotopic (exact) mass is 231 g/mol. The number of hydrogen-bond acceptors (Lipinski definition) is 4. The van der Waals surface area contributed by atoms with Crippen LogP contribution in [0.2, 0.25) is 0 Å². The van der Waals surface area contributed by atoms with Crippen molar-refractivity contribution in [1.82, 2.24) is 14.8 Å². The largest absolute Gasteiger partial charge is 0.384 e. The molecule has 5 heteroatoms. The molecule has 0 unspecified atom stereocenters. The first-order valence-corrected chi connectivity index (χ1v) is 5.69. The molecular weight excluding hydrogens is 214 g/mol. The third kappa shape index (κ3) is 3.21. The van der Waals surface area contributed by atoms with Crippen molar-refractivity contribution in [3.8, 4) is 0 Å². The lowest BCUT2D eigenvalue weighted by molar-refractivity contribution is 0.747. The van der Waals surface area contributed by atoms with Crippen LogP contribution in [0.25, 0.3) is 0 Å². The van der Waals surface area contributed by atoms with E-state index in [4.69, 9.17) is 0 Å². The fourth-order valence-electron chi connectivity index (χ4n) is 1.59. The van der Waals surface area contributed by atoms with Gasteiger partial charge in [0, 0.05) is 19.8 Å². The second-order valence-electron chi connectivity index (χ2n) is 3.83. The molecule has 0 aliphatic heterocycles. The molecular formula is C12H17N5. The maximum atomic E-state index is 4.30. The van der Waals surface area contributed by atoms with E-state index in [0.29, 0.717) is 6.54 Å². The van der Waals surface area contributed by atoms with Crippen molar-refractivity contribution < 1.29 is 0 Å². The van der Waals surface area contributed by atoms with Gasteiger partial charge in [-0.3, -0.25) is 9.67 Å². The van der Waals surface area contributed by atoms with Gasteiger partial charge >= 0.3 is 0 Å². The van der Waals surface area contributed by atoms with Crippen LogP contribution in [-0.2, 0) is 13.6 Å². The van der Waals surface area contributed by atoms with Crippen molar-refractivity contribution in [2.45, 2.75) is 13.5 Å². The van der Waals surface area contributed by atoms with E-state index in [9.17, 15) is 0 Å². The maximum Gasteiger partial charge on any atom is 0.0815 e. The molecule has 2 heterocycles. The number of pyridine rings is 1. The lowest BCUT2D eigenvalue weighted by atomic mass is 10.3. The first-order valence-electron chi connectivity index (χ1n) is 5.69. The summed E-state index contributed by atoms with van der Waals surface area (Å²) in [6, 6.07) is 4.04. The molecule has 0 spiro atoms. The molecule has 0 radical (unpaired) electrons. The Labute approximate surface area is 101 Å². The number of nitrogens with zero attached hydrogens (tertiary/aromatic N) is 3. The summed E-state index contributed by atoms with van der Waals surface area (Å²) in [5.41, 5.74) is 3.04. The lowest BCUT2D eigenvalue weighted by Crippen LogP contribution is -2.03. The van der Waals surface area contributed by atoms with E-state index < -0.39 is 0 Å². The highest BCUT2D eigenvalue weighted by atomic mass is 15.3. The van der Waals surface area contributed by atoms with Crippen LogP contribution in [0.4, 0.5) is 11.4 Å². The predicted molar refractivity (Wildman–Crippen MR) is 68.9 cm³/mol. The molecule has 0 saturated heterocycles. The number of anilines is 2. The fourth-order valence-corrected chi connectivity index (χ4v) is 1.59. The minimum Gasteiger partial charge on any atom is -0.384 e. The fraction of sp³-hybridized carbons (Fsp3) is 0.333.